The van der Waals surface area contributed by atoms with Crippen LogP contribution in [0.15, 0.2) is 30.3 Å². The zero-order valence-corrected chi connectivity index (χ0v) is 21.4. The summed E-state index contributed by atoms with van der Waals surface area (Å²) in [5.74, 6) is -1.37. The van der Waals surface area contributed by atoms with Gasteiger partial charge in [-0.2, -0.15) is 0 Å². The lowest BCUT2D eigenvalue weighted by Gasteiger charge is -2.29. The quantitative estimate of drug-likeness (QED) is 0.289. The fourth-order valence-electron chi connectivity index (χ4n) is 4.86. The Morgan fingerprint density at radius 3 is 2.33 bits per heavy atom. The fourth-order valence-corrected chi connectivity index (χ4v) is 4.86. The molecule has 1 heterocycles. The highest BCUT2D eigenvalue weighted by Crippen LogP contribution is 2.30. The van der Waals surface area contributed by atoms with E-state index in [0.29, 0.717) is 5.92 Å². The van der Waals surface area contributed by atoms with Crippen molar-refractivity contribution < 1.29 is 24.6 Å². The van der Waals surface area contributed by atoms with Crippen LogP contribution in [0.2, 0.25) is 0 Å². The van der Waals surface area contributed by atoms with Crippen LogP contribution in [0, 0.1) is 18.8 Å². The maximum absolute atomic E-state index is 13.2. The first kappa shape index (κ1) is 27.1. The van der Waals surface area contributed by atoms with Gasteiger partial charge in [-0.25, -0.2) is 4.79 Å². The first-order valence-electron chi connectivity index (χ1n) is 12.6. The van der Waals surface area contributed by atoms with E-state index in [-0.39, 0.29) is 41.4 Å². The van der Waals surface area contributed by atoms with Gasteiger partial charge < -0.3 is 26.2 Å². The molecule has 0 saturated heterocycles. The van der Waals surface area contributed by atoms with Crippen LogP contribution in [0.5, 0.6) is 11.8 Å². The number of Topliss-reactive ketones (excluding diaryl/α,β-unsaturated/α-hetero) is 1. The summed E-state index contributed by atoms with van der Waals surface area (Å²) < 4.78 is 0. The van der Waals surface area contributed by atoms with Crippen molar-refractivity contribution in [1.29, 1.82) is 0 Å². The van der Waals surface area contributed by atoms with Crippen LogP contribution in [0.25, 0.3) is 0 Å². The number of rotatable bonds is 9. The van der Waals surface area contributed by atoms with E-state index in [0.717, 1.165) is 24.8 Å². The molecule has 1 saturated carbocycles. The van der Waals surface area contributed by atoms with Crippen molar-refractivity contribution >= 4 is 17.7 Å². The number of amides is 3. The molecule has 6 N–H and O–H groups in total. The third-order valence-corrected chi connectivity index (χ3v) is 6.88. The topological polar surface area (TPSA) is 144 Å². The van der Waals surface area contributed by atoms with Gasteiger partial charge in [-0.1, -0.05) is 63.9 Å². The van der Waals surface area contributed by atoms with Crippen molar-refractivity contribution in [2.45, 2.75) is 77.9 Å². The van der Waals surface area contributed by atoms with E-state index in [1.165, 1.54) is 13.3 Å². The van der Waals surface area contributed by atoms with Crippen LogP contribution >= 0.6 is 0 Å². The third kappa shape index (κ3) is 6.80. The van der Waals surface area contributed by atoms with E-state index < -0.39 is 29.7 Å². The Labute approximate surface area is 212 Å². The monoisotopic (exact) mass is 498 g/mol. The summed E-state index contributed by atoms with van der Waals surface area (Å²) in [6, 6.07) is 7.49. The second-order valence-electron chi connectivity index (χ2n) is 10.2. The molecule has 1 aromatic heterocycles. The lowest BCUT2D eigenvalue weighted by atomic mass is 9.87. The maximum atomic E-state index is 13.2. The highest BCUT2D eigenvalue weighted by Gasteiger charge is 2.32. The Morgan fingerprint density at radius 1 is 1.06 bits per heavy atom. The Hall–Kier alpha value is -3.49. The van der Waals surface area contributed by atoms with Crippen LogP contribution in [0.4, 0.5) is 4.79 Å². The summed E-state index contributed by atoms with van der Waals surface area (Å²) in [5, 5.41) is 28.7. The molecule has 3 rings (SSSR count). The lowest BCUT2D eigenvalue weighted by Crippen LogP contribution is -2.48. The minimum absolute atomic E-state index is 0.0506. The number of benzene rings is 1. The smallest absolute Gasteiger partial charge is 0.315 e. The molecule has 9 nitrogen and oxygen atoms in total. The van der Waals surface area contributed by atoms with E-state index in [2.05, 4.69) is 27.9 Å². The van der Waals surface area contributed by atoms with E-state index in [1.54, 1.807) is 13.8 Å². The molecule has 36 heavy (non-hydrogen) atoms. The molecular formula is C27H38N4O5. The fraction of sp³-hybridized carbons (Fsp3) is 0.519. The van der Waals surface area contributed by atoms with Gasteiger partial charge in [0.2, 0.25) is 11.8 Å². The average molecular weight is 499 g/mol. The van der Waals surface area contributed by atoms with Crippen molar-refractivity contribution in [3.63, 3.8) is 0 Å². The number of carbonyl (C=O) groups excluding carboxylic acids is 3. The van der Waals surface area contributed by atoms with Crippen LogP contribution in [0.3, 0.4) is 0 Å². The zero-order valence-electron chi connectivity index (χ0n) is 21.4. The molecule has 0 radical (unpaired) electrons. The molecule has 0 aliphatic heterocycles. The summed E-state index contributed by atoms with van der Waals surface area (Å²) in [4.78, 5) is 41.4. The number of ketones is 1. The zero-order chi connectivity index (χ0) is 26.4. The highest BCUT2D eigenvalue weighted by atomic mass is 16.3. The SMILES string of the molecule is Cc1c(O)[nH]c(O)c1C(=O)[C@@H](NC(=O)CC(NC(=O)NC1CCCC(C)C1)c1ccccc1)C(C)C. The van der Waals surface area contributed by atoms with Gasteiger partial charge in [0.1, 0.15) is 0 Å². The molecule has 1 aromatic carbocycles. The van der Waals surface area contributed by atoms with E-state index in [4.69, 9.17) is 0 Å². The van der Waals surface area contributed by atoms with E-state index >= 15 is 0 Å². The molecule has 0 spiro atoms. The van der Waals surface area contributed by atoms with E-state index in [9.17, 15) is 24.6 Å². The molecule has 3 amide bonds. The molecule has 1 aliphatic carbocycles. The number of urea groups is 1. The van der Waals surface area contributed by atoms with Gasteiger partial charge in [-0.15, -0.1) is 0 Å². The minimum Gasteiger partial charge on any atom is -0.494 e. The van der Waals surface area contributed by atoms with Crippen LogP contribution < -0.4 is 16.0 Å². The lowest BCUT2D eigenvalue weighted by molar-refractivity contribution is -0.122. The van der Waals surface area contributed by atoms with Gasteiger partial charge in [0.25, 0.3) is 0 Å². The molecule has 4 atom stereocenters. The Bertz CT molecular complexity index is 1070. The molecule has 3 unspecified atom stereocenters. The molecule has 1 aliphatic rings. The number of aromatic nitrogens is 1. The Morgan fingerprint density at radius 2 is 1.75 bits per heavy atom. The number of hydrogen-bond donors (Lipinski definition) is 6. The summed E-state index contributed by atoms with van der Waals surface area (Å²) in [7, 11) is 0. The average Bonchev–Trinajstić information content (AvgIpc) is 3.08. The standard InChI is InChI=1S/C27H38N4O5/c1-15(2)23(24(33)22-17(4)25(34)31-26(22)35)30-21(32)14-20(18-10-6-5-7-11-18)29-27(36)28-19-12-8-9-16(3)13-19/h5-7,10-11,15-16,19-20,23,31,34-35H,8-9,12-14H2,1-4H3,(H,30,32)(H2,28,29,36)/t16?,19?,20?,23-/m0/s1. The van der Waals surface area contributed by atoms with Crippen LogP contribution in [-0.4, -0.2) is 45.0 Å². The van der Waals surface area contributed by atoms with Gasteiger partial charge in [0, 0.05) is 11.6 Å². The van der Waals surface area contributed by atoms with Crippen molar-refractivity contribution in [2.24, 2.45) is 11.8 Å². The molecular weight excluding hydrogens is 460 g/mol. The maximum Gasteiger partial charge on any atom is 0.315 e. The van der Waals surface area contributed by atoms with Crippen molar-refractivity contribution in [3.8, 4) is 11.8 Å². The Kier molecular flexibility index (Phi) is 9.01. The first-order chi connectivity index (χ1) is 17.1. The second-order valence-corrected chi connectivity index (χ2v) is 10.2. The molecule has 0 bridgehead atoms. The highest BCUT2D eigenvalue weighted by molar-refractivity contribution is 6.05. The van der Waals surface area contributed by atoms with Gasteiger partial charge in [-0.05, 0) is 37.2 Å². The van der Waals surface area contributed by atoms with Crippen molar-refractivity contribution in [3.05, 3.63) is 47.0 Å². The number of aromatic amines is 1. The van der Waals surface area contributed by atoms with Gasteiger partial charge in [0.15, 0.2) is 11.7 Å². The molecule has 1 fully saturated rings. The predicted octanol–water partition coefficient (Wildman–Crippen LogP) is 4.07. The Balaban J connectivity index is 1.71. The van der Waals surface area contributed by atoms with Gasteiger partial charge >= 0.3 is 6.03 Å². The largest absolute Gasteiger partial charge is 0.494 e. The number of nitrogens with one attached hydrogen (secondary N) is 4. The predicted molar refractivity (Wildman–Crippen MR) is 137 cm³/mol. The van der Waals surface area contributed by atoms with Crippen molar-refractivity contribution in [2.75, 3.05) is 0 Å². The normalized spacial score (nSPS) is 19.4. The number of hydrogen-bond acceptors (Lipinski definition) is 5. The number of aromatic hydroxyl groups is 2. The molecule has 2 aromatic rings. The summed E-state index contributed by atoms with van der Waals surface area (Å²) in [6.07, 6.45) is 4.05. The summed E-state index contributed by atoms with van der Waals surface area (Å²) in [5.41, 5.74) is 0.941. The summed E-state index contributed by atoms with van der Waals surface area (Å²) in [6.45, 7) is 7.27. The van der Waals surface area contributed by atoms with Crippen LogP contribution in [0.1, 0.15) is 80.4 Å². The number of carbonyl (C=O) groups is 3. The second kappa shape index (κ2) is 12.0. The summed E-state index contributed by atoms with van der Waals surface area (Å²) >= 11 is 0. The minimum atomic E-state index is -0.925. The molecule has 196 valence electrons. The van der Waals surface area contributed by atoms with Gasteiger partial charge in [-0.3, -0.25) is 14.6 Å². The van der Waals surface area contributed by atoms with Gasteiger partial charge in [0.05, 0.1) is 24.1 Å². The van der Waals surface area contributed by atoms with E-state index in [1.807, 2.05) is 30.3 Å². The van der Waals surface area contributed by atoms with Crippen LogP contribution in [-0.2, 0) is 4.79 Å². The molecule has 9 heteroatoms. The third-order valence-electron chi connectivity index (χ3n) is 6.88. The first-order valence-corrected chi connectivity index (χ1v) is 12.6. The van der Waals surface area contributed by atoms with Crippen molar-refractivity contribution in [1.82, 2.24) is 20.9 Å². The number of H-pyrrole nitrogens is 1.